The smallest absolute Gasteiger partial charge is 0.274 e. The van der Waals surface area contributed by atoms with E-state index in [2.05, 4.69) is 26.1 Å². The van der Waals surface area contributed by atoms with E-state index >= 15 is 0 Å². The Morgan fingerprint density at radius 3 is 2.30 bits per heavy atom. The van der Waals surface area contributed by atoms with Crippen LogP contribution in [0.2, 0.25) is 0 Å². The summed E-state index contributed by atoms with van der Waals surface area (Å²) < 4.78 is 5.45. The van der Waals surface area contributed by atoms with Crippen LogP contribution in [-0.2, 0) is 0 Å². The van der Waals surface area contributed by atoms with E-state index in [1.165, 1.54) is 12.8 Å². The lowest BCUT2D eigenvalue weighted by atomic mass is 10.2. The zero-order valence-corrected chi connectivity index (χ0v) is 15.7. The number of amides is 1. The van der Waals surface area contributed by atoms with Gasteiger partial charge < -0.3 is 19.4 Å². The Bertz CT molecular complexity index is 781. The van der Waals surface area contributed by atoms with Crippen LogP contribution in [0.25, 0.3) is 0 Å². The van der Waals surface area contributed by atoms with Crippen LogP contribution in [0.3, 0.4) is 0 Å². The topological polar surface area (TPSA) is 61.8 Å². The van der Waals surface area contributed by atoms with Crippen molar-refractivity contribution >= 4 is 17.4 Å². The molecule has 3 heterocycles. The molecule has 27 heavy (non-hydrogen) atoms. The molecule has 0 radical (unpaired) electrons. The summed E-state index contributed by atoms with van der Waals surface area (Å²) in [5.41, 5.74) is 1.49. The SMILES string of the molecule is COc1ccccc1N1CCN(C(=O)c2ccc(N3CCCC3)nn2)CC1. The molecule has 0 spiro atoms. The lowest BCUT2D eigenvalue weighted by Crippen LogP contribution is -2.49. The van der Waals surface area contributed by atoms with Crippen LogP contribution in [0, 0.1) is 0 Å². The second-order valence-electron chi connectivity index (χ2n) is 6.92. The number of hydrogen-bond acceptors (Lipinski definition) is 6. The number of rotatable bonds is 4. The average Bonchev–Trinajstić information content (AvgIpc) is 3.28. The third-order valence-electron chi connectivity index (χ3n) is 5.29. The minimum Gasteiger partial charge on any atom is -0.495 e. The Labute approximate surface area is 159 Å². The first-order valence-electron chi connectivity index (χ1n) is 9.52. The maximum atomic E-state index is 12.8. The minimum atomic E-state index is -0.0462. The van der Waals surface area contributed by atoms with Gasteiger partial charge in [0.2, 0.25) is 0 Å². The minimum absolute atomic E-state index is 0.0462. The number of nitrogens with zero attached hydrogens (tertiary/aromatic N) is 5. The van der Waals surface area contributed by atoms with Gasteiger partial charge >= 0.3 is 0 Å². The molecule has 2 saturated heterocycles. The van der Waals surface area contributed by atoms with Crippen LogP contribution < -0.4 is 14.5 Å². The largest absolute Gasteiger partial charge is 0.495 e. The molecule has 0 bridgehead atoms. The highest BCUT2D eigenvalue weighted by Crippen LogP contribution is 2.28. The van der Waals surface area contributed by atoms with E-state index in [4.69, 9.17) is 4.74 Å². The predicted molar refractivity (Wildman–Crippen MR) is 105 cm³/mol. The average molecular weight is 367 g/mol. The molecule has 1 aromatic heterocycles. The molecule has 0 N–H and O–H groups in total. The normalized spacial score (nSPS) is 17.3. The number of anilines is 2. The predicted octanol–water partition coefficient (Wildman–Crippen LogP) is 2.05. The second kappa shape index (κ2) is 7.82. The van der Waals surface area contributed by atoms with E-state index < -0.39 is 0 Å². The molecule has 7 nitrogen and oxygen atoms in total. The van der Waals surface area contributed by atoms with Crippen LogP contribution in [0.1, 0.15) is 23.3 Å². The van der Waals surface area contributed by atoms with Crippen molar-refractivity contribution < 1.29 is 9.53 Å². The summed E-state index contributed by atoms with van der Waals surface area (Å²) in [6, 6.07) is 11.7. The Morgan fingerprint density at radius 2 is 1.63 bits per heavy atom. The highest BCUT2D eigenvalue weighted by Gasteiger charge is 2.25. The van der Waals surface area contributed by atoms with Crippen LogP contribution in [0.4, 0.5) is 11.5 Å². The Kier molecular flexibility index (Phi) is 5.09. The number of aromatic nitrogens is 2. The summed E-state index contributed by atoms with van der Waals surface area (Å²) >= 11 is 0. The summed E-state index contributed by atoms with van der Waals surface area (Å²) in [7, 11) is 1.68. The van der Waals surface area contributed by atoms with Crippen molar-refractivity contribution in [1.29, 1.82) is 0 Å². The van der Waals surface area contributed by atoms with E-state index in [-0.39, 0.29) is 5.91 Å². The van der Waals surface area contributed by atoms with Crippen molar-refractivity contribution in [3.8, 4) is 5.75 Å². The molecule has 0 aliphatic carbocycles. The lowest BCUT2D eigenvalue weighted by molar-refractivity contribution is 0.0739. The number of para-hydroxylation sites is 2. The number of methoxy groups -OCH3 is 1. The fourth-order valence-corrected chi connectivity index (χ4v) is 3.76. The van der Waals surface area contributed by atoms with Gasteiger partial charge in [0.1, 0.15) is 5.75 Å². The molecule has 2 aromatic rings. The maximum Gasteiger partial charge on any atom is 0.274 e. The zero-order valence-electron chi connectivity index (χ0n) is 15.7. The van der Waals surface area contributed by atoms with Crippen molar-refractivity contribution in [1.82, 2.24) is 15.1 Å². The van der Waals surface area contributed by atoms with E-state index in [9.17, 15) is 4.79 Å². The van der Waals surface area contributed by atoms with Gasteiger partial charge in [0.15, 0.2) is 11.5 Å². The van der Waals surface area contributed by atoms with E-state index in [1.54, 1.807) is 13.2 Å². The maximum absolute atomic E-state index is 12.8. The summed E-state index contributed by atoms with van der Waals surface area (Å²) in [5.74, 6) is 1.68. The van der Waals surface area contributed by atoms with Crippen molar-refractivity contribution in [2.24, 2.45) is 0 Å². The summed E-state index contributed by atoms with van der Waals surface area (Å²) in [5, 5.41) is 8.45. The van der Waals surface area contributed by atoms with Crippen molar-refractivity contribution in [2.45, 2.75) is 12.8 Å². The van der Waals surface area contributed by atoms with Crippen LogP contribution in [0.15, 0.2) is 36.4 Å². The van der Waals surface area contributed by atoms with Crippen molar-refractivity contribution in [3.63, 3.8) is 0 Å². The quantitative estimate of drug-likeness (QED) is 0.824. The van der Waals surface area contributed by atoms with Crippen molar-refractivity contribution in [3.05, 3.63) is 42.1 Å². The molecule has 4 rings (SSSR count). The van der Waals surface area contributed by atoms with Crippen molar-refractivity contribution in [2.75, 3.05) is 56.2 Å². The fourth-order valence-electron chi connectivity index (χ4n) is 3.76. The Hall–Kier alpha value is -2.83. The third kappa shape index (κ3) is 3.67. The molecule has 2 fully saturated rings. The van der Waals surface area contributed by atoms with Gasteiger partial charge in [0.05, 0.1) is 12.8 Å². The molecule has 0 saturated carbocycles. The number of benzene rings is 1. The van der Waals surface area contributed by atoms with E-state index in [1.807, 2.05) is 29.2 Å². The number of carbonyl (C=O) groups is 1. The van der Waals surface area contributed by atoms with Crippen LogP contribution in [-0.4, -0.2) is 67.4 Å². The standard InChI is InChI=1S/C20H25N5O2/c1-27-18-7-3-2-6-17(18)23-12-14-25(15-13-23)20(26)16-8-9-19(22-21-16)24-10-4-5-11-24/h2-3,6-9H,4-5,10-15H2,1H3. The summed E-state index contributed by atoms with van der Waals surface area (Å²) in [6.07, 6.45) is 2.39. The van der Waals surface area contributed by atoms with E-state index in [0.29, 0.717) is 18.8 Å². The van der Waals surface area contributed by atoms with Gasteiger partial charge in [0.25, 0.3) is 5.91 Å². The van der Waals surface area contributed by atoms with Crippen LogP contribution >= 0.6 is 0 Å². The van der Waals surface area contributed by atoms with Gasteiger partial charge in [-0.2, -0.15) is 0 Å². The van der Waals surface area contributed by atoms with Gasteiger partial charge in [0, 0.05) is 39.3 Å². The first kappa shape index (κ1) is 17.6. The molecule has 1 aromatic carbocycles. The number of carbonyl (C=O) groups excluding carboxylic acids is 1. The van der Waals surface area contributed by atoms with Gasteiger partial charge in [-0.1, -0.05) is 12.1 Å². The fraction of sp³-hybridized carbons (Fsp3) is 0.450. The van der Waals surface area contributed by atoms with Gasteiger partial charge in [-0.3, -0.25) is 4.79 Å². The molecule has 142 valence electrons. The molecular formula is C20H25N5O2. The summed E-state index contributed by atoms with van der Waals surface area (Å²) in [6.45, 7) is 4.90. The Balaban J connectivity index is 1.38. The highest BCUT2D eigenvalue weighted by atomic mass is 16.5. The molecule has 2 aliphatic heterocycles. The second-order valence-corrected chi connectivity index (χ2v) is 6.92. The number of ether oxygens (including phenoxy) is 1. The van der Waals surface area contributed by atoms with E-state index in [0.717, 1.165) is 43.4 Å². The molecule has 1 amide bonds. The highest BCUT2D eigenvalue weighted by molar-refractivity contribution is 5.92. The lowest BCUT2D eigenvalue weighted by Gasteiger charge is -2.36. The third-order valence-corrected chi connectivity index (χ3v) is 5.29. The number of piperazine rings is 1. The monoisotopic (exact) mass is 367 g/mol. The molecule has 2 aliphatic rings. The zero-order chi connectivity index (χ0) is 18.6. The van der Waals surface area contributed by atoms with Gasteiger partial charge in [-0.15, -0.1) is 10.2 Å². The van der Waals surface area contributed by atoms with Crippen LogP contribution in [0.5, 0.6) is 5.75 Å². The molecule has 0 atom stereocenters. The molecule has 7 heteroatoms. The molecular weight excluding hydrogens is 342 g/mol. The Morgan fingerprint density at radius 1 is 0.889 bits per heavy atom. The van der Waals surface area contributed by atoms with Gasteiger partial charge in [-0.25, -0.2) is 0 Å². The number of hydrogen-bond donors (Lipinski definition) is 0. The first-order chi connectivity index (χ1) is 13.3. The molecule has 0 unspecified atom stereocenters. The first-order valence-corrected chi connectivity index (χ1v) is 9.52. The van der Waals surface area contributed by atoms with Gasteiger partial charge in [-0.05, 0) is 37.1 Å². The summed E-state index contributed by atoms with van der Waals surface area (Å²) in [4.78, 5) is 19.1.